The number of alkyl halides is 3. The van der Waals surface area contributed by atoms with E-state index in [9.17, 15) is 26.0 Å². The summed E-state index contributed by atoms with van der Waals surface area (Å²) in [6.45, 7) is 1.40. The molecule has 1 heterocycles. The molecule has 0 radical (unpaired) electrons. The van der Waals surface area contributed by atoms with Crippen LogP contribution in [0, 0.1) is 12.7 Å². The average Bonchev–Trinajstić information content (AvgIpc) is 2.42. The number of hydrogen-bond donors (Lipinski definition) is 1. The van der Waals surface area contributed by atoms with Crippen LogP contribution in [0.4, 0.5) is 23.2 Å². The van der Waals surface area contributed by atoms with E-state index in [0.29, 0.717) is 5.56 Å². The average molecular weight is 362 g/mol. The number of sulfonamides is 1. The van der Waals surface area contributed by atoms with Crippen molar-refractivity contribution in [2.24, 2.45) is 0 Å². The minimum Gasteiger partial charge on any atom is -0.281 e. The molecule has 4 nitrogen and oxygen atoms in total. The van der Waals surface area contributed by atoms with E-state index < -0.39 is 27.7 Å². The van der Waals surface area contributed by atoms with E-state index >= 15 is 0 Å². The number of rotatable bonds is 4. The Morgan fingerprint density at radius 2 is 1.79 bits per heavy atom. The topological polar surface area (TPSA) is 59.1 Å². The van der Waals surface area contributed by atoms with Crippen LogP contribution < -0.4 is 4.72 Å². The monoisotopic (exact) mass is 362 g/mol. The van der Waals surface area contributed by atoms with E-state index in [1.54, 1.807) is 0 Å². The van der Waals surface area contributed by atoms with Crippen LogP contribution in [0.5, 0.6) is 0 Å². The van der Waals surface area contributed by atoms with Gasteiger partial charge in [-0.3, -0.25) is 4.72 Å². The molecule has 1 N–H and O–H groups in total. The summed E-state index contributed by atoms with van der Waals surface area (Å²) in [5, 5.41) is 0. The molecule has 2 rings (SSSR count). The summed E-state index contributed by atoms with van der Waals surface area (Å²) >= 11 is 0. The van der Waals surface area contributed by atoms with Crippen molar-refractivity contribution in [3.63, 3.8) is 0 Å². The summed E-state index contributed by atoms with van der Waals surface area (Å²) < 4.78 is 76.7. The van der Waals surface area contributed by atoms with Crippen LogP contribution in [0.25, 0.3) is 0 Å². The van der Waals surface area contributed by atoms with Crippen molar-refractivity contribution in [2.45, 2.75) is 19.5 Å². The smallest absolute Gasteiger partial charge is 0.281 e. The number of benzene rings is 1. The number of halogens is 4. The van der Waals surface area contributed by atoms with Gasteiger partial charge >= 0.3 is 6.18 Å². The van der Waals surface area contributed by atoms with E-state index in [1.165, 1.54) is 31.2 Å². The second-order valence-electron chi connectivity index (χ2n) is 5.27. The molecule has 9 heteroatoms. The van der Waals surface area contributed by atoms with Gasteiger partial charge in [0, 0.05) is 12.1 Å². The molecule has 0 saturated carbocycles. The molecular formula is C15H14F4N2O2S. The van der Waals surface area contributed by atoms with Crippen molar-refractivity contribution >= 4 is 15.7 Å². The number of aromatic nitrogens is 1. The Bertz CT molecular complexity index is 864. The third kappa shape index (κ3) is 4.44. The fourth-order valence-electron chi connectivity index (χ4n) is 2.13. The van der Waals surface area contributed by atoms with Crippen LogP contribution in [0.2, 0.25) is 0 Å². The van der Waals surface area contributed by atoms with Gasteiger partial charge in [-0.25, -0.2) is 17.8 Å². The first-order valence-electron chi connectivity index (χ1n) is 6.76. The number of anilines is 1. The molecule has 0 fully saturated rings. The number of hydrogen-bond acceptors (Lipinski definition) is 3. The Hall–Kier alpha value is -2.16. The van der Waals surface area contributed by atoms with Gasteiger partial charge in [0.1, 0.15) is 5.69 Å². The van der Waals surface area contributed by atoms with E-state index in [0.717, 1.165) is 12.3 Å². The molecule has 130 valence electrons. The maximum absolute atomic E-state index is 14.4. The lowest BCUT2D eigenvalue weighted by atomic mass is 10.0. The largest absolute Gasteiger partial charge is 0.433 e. The molecule has 0 atom stereocenters. The first-order chi connectivity index (χ1) is 11.0. The highest BCUT2D eigenvalue weighted by Gasteiger charge is 2.32. The first-order valence-corrected chi connectivity index (χ1v) is 8.65. The summed E-state index contributed by atoms with van der Waals surface area (Å²) in [6, 6.07) is 6.22. The van der Waals surface area contributed by atoms with Gasteiger partial charge in [0.15, 0.2) is 5.82 Å². The number of nitrogens with zero attached hydrogens (tertiary/aromatic N) is 1. The molecule has 0 aliphatic carbocycles. The molecule has 0 unspecified atom stereocenters. The van der Waals surface area contributed by atoms with Crippen LogP contribution >= 0.6 is 0 Å². The molecule has 0 amide bonds. The van der Waals surface area contributed by atoms with Crippen LogP contribution in [0.3, 0.4) is 0 Å². The summed E-state index contributed by atoms with van der Waals surface area (Å²) in [4.78, 5) is 3.49. The minimum absolute atomic E-state index is 0.0118. The molecular weight excluding hydrogens is 348 g/mol. The van der Waals surface area contributed by atoms with Crippen molar-refractivity contribution in [1.29, 1.82) is 0 Å². The third-order valence-corrected chi connectivity index (χ3v) is 3.83. The second-order valence-corrected chi connectivity index (χ2v) is 7.02. The molecule has 0 bridgehead atoms. The summed E-state index contributed by atoms with van der Waals surface area (Å²) in [5.74, 6) is -0.776. The van der Waals surface area contributed by atoms with Crippen molar-refractivity contribution in [3.8, 4) is 0 Å². The first kappa shape index (κ1) is 18.2. The van der Waals surface area contributed by atoms with Gasteiger partial charge < -0.3 is 0 Å². The Morgan fingerprint density at radius 3 is 2.33 bits per heavy atom. The molecule has 0 saturated heterocycles. The highest BCUT2D eigenvalue weighted by molar-refractivity contribution is 7.92. The number of nitrogens with one attached hydrogen (secondary N) is 1. The predicted octanol–water partition coefficient (Wildman–Crippen LogP) is 3.51. The molecule has 0 aliphatic rings. The number of aryl methyl sites for hydroxylation is 1. The maximum Gasteiger partial charge on any atom is 0.433 e. The lowest BCUT2D eigenvalue weighted by molar-refractivity contribution is -0.141. The fourth-order valence-corrected chi connectivity index (χ4v) is 2.69. The molecule has 2 aromatic rings. The number of pyridine rings is 1. The van der Waals surface area contributed by atoms with Gasteiger partial charge in [0.05, 0.1) is 11.9 Å². The summed E-state index contributed by atoms with van der Waals surface area (Å²) in [6.07, 6.45) is -3.67. The van der Waals surface area contributed by atoms with E-state index in [2.05, 4.69) is 9.71 Å². The van der Waals surface area contributed by atoms with Gasteiger partial charge in [-0.1, -0.05) is 18.2 Å². The Kier molecular flexibility index (Phi) is 4.84. The van der Waals surface area contributed by atoms with Gasteiger partial charge in [-0.2, -0.15) is 13.2 Å². The molecule has 1 aromatic carbocycles. The normalized spacial score (nSPS) is 12.2. The van der Waals surface area contributed by atoms with Crippen molar-refractivity contribution in [2.75, 3.05) is 11.0 Å². The Morgan fingerprint density at radius 1 is 1.12 bits per heavy atom. The SMILES string of the molecule is Cc1nc(C(F)(F)F)ccc1Cc1cccc(NS(C)(=O)=O)c1F. The van der Waals surface area contributed by atoms with Crippen LogP contribution in [-0.4, -0.2) is 19.7 Å². The van der Waals surface area contributed by atoms with Gasteiger partial charge in [0.2, 0.25) is 10.0 Å². The zero-order valence-corrected chi connectivity index (χ0v) is 13.6. The highest BCUT2D eigenvalue weighted by Crippen LogP contribution is 2.29. The van der Waals surface area contributed by atoms with E-state index in [4.69, 9.17) is 0 Å². The highest BCUT2D eigenvalue weighted by atomic mass is 32.2. The fraction of sp³-hybridized carbons (Fsp3) is 0.267. The molecule has 0 spiro atoms. The van der Waals surface area contributed by atoms with Gasteiger partial charge in [-0.15, -0.1) is 0 Å². The van der Waals surface area contributed by atoms with Crippen molar-refractivity contribution < 1.29 is 26.0 Å². The summed E-state index contributed by atoms with van der Waals surface area (Å²) in [5.41, 5.74) is -0.540. The van der Waals surface area contributed by atoms with Gasteiger partial charge in [-0.05, 0) is 30.2 Å². The molecule has 24 heavy (non-hydrogen) atoms. The maximum atomic E-state index is 14.4. The van der Waals surface area contributed by atoms with Crippen LogP contribution in [0.15, 0.2) is 30.3 Å². The van der Waals surface area contributed by atoms with Crippen molar-refractivity contribution in [3.05, 3.63) is 58.7 Å². The molecule has 0 aliphatic heterocycles. The molecule has 1 aromatic heterocycles. The minimum atomic E-state index is -4.55. The van der Waals surface area contributed by atoms with Crippen LogP contribution in [-0.2, 0) is 22.6 Å². The zero-order chi connectivity index (χ0) is 18.1. The second kappa shape index (κ2) is 6.39. The van der Waals surface area contributed by atoms with E-state index in [1.807, 2.05) is 0 Å². The van der Waals surface area contributed by atoms with E-state index in [-0.39, 0.29) is 23.4 Å². The lowest BCUT2D eigenvalue weighted by Crippen LogP contribution is -2.12. The Balaban J connectivity index is 2.34. The summed E-state index contributed by atoms with van der Waals surface area (Å²) in [7, 11) is -3.65. The third-order valence-electron chi connectivity index (χ3n) is 3.24. The quantitative estimate of drug-likeness (QED) is 0.847. The van der Waals surface area contributed by atoms with Crippen LogP contribution in [0.1, 0.15) is 22.5 Å². The predicted molar refractivity (Wildman–Crippen MR) is 81.6 cm³/mol. The standard InChI is InChI=1S/C15H14F4N2O2S/c1-9-10(6-7-13(20-9)15(17,18)19)8-11-4-3-5-12(14(11)16)21-24(2,22)23/h3-7,21H,8H2,1-2H3. The zero-order valence-electron chi connectivity index (χ0n) is 12.8. The Labute approximate surface area is 136 Å². The van der Waals surface area contributed by atoms with Crippen molar-refractivity contribution in [1.82, 2.24) is 4.98 Å². The lowest BCUT2D eigenvalue weighted by Gasteiger charge is -2.12. The van der Waals surface area contributed by atoms with Gasteiger partial charge in [0.25, 0.3) is 0 Å².